The molecule has 0 unspecified atom stereocenters. The van der Waals surface area contributed by atoms with Gasteiger partial charge in [0.05, 0.1) is 6.61 Å². The number of nitrogens with zero attached hydrogens (tertiary/aromatic N) is 2. The molecular formula is C11H15N3O3S2. The summed E-state index contributed by atoms with van der Waals surface area (Å²) in [5.41, 5.74) is 0. The molecule has 2 rings (SSSR count). The van der Waals surface area contributed by atoms with Crippen molar-refractivity contribution in [3.05, 3.63) is 0 Å². The average Bonchev–Trinajstić information content (AvgIpc) is 3.13. The summed E-state index contributed by atoms with van der Waals surface area (Å²) in [5.74, 6) is -0.129. The van der Waals surface area contributed by atoms with Gasteiger partial charge in [-0.1, -0.05) is 23.1 Å². The minimum absolute atomic E-state index is 0.00569. The maximum Gasteiger partial charge on any atom is 0.319 e. The van der Waals surface area contributed by atoms with Crippen LogP contribution in [0.2, 0.25) is 0 Å². The smallest absolute Gasteiger partial charge is 0.319 e. The van der Waals surface area contributed by atoms with Gasteiger partial charge in [-0.05, 0) is 26.7 Å². The van der Waals surface area contributed by atoms with Crippen molar-refractivity contribution in [1.82, 2.24) is 10.2 Å². The van der Waals surface area contributed by atoms with E-state index in [2.05, 4.69) is 15.5 Å². The van der Waals surface area contributed by atoms with Crippen molar-refractivity contribution in [1.29, 1.82) is 0 Å². The Morgan fingerprint density at radius 1 is 1.53 bits per heavy atom. The van der Waals surface area contributed by atoms with Crippen LogP contribution in [0.3, 0.4) is 0 Å². The molecule has 19 heavy (non-hydrogen) atoms. The number of rotatable bonds is 6. The summed E-state index contributed by atoms with van der Waals surface area (Å²) in [6.07, 6.45) is 1.90. The molecule has 1 aromatic rings. The Morgan fingerprint density at radius 2 is 2.26 bits per heavy atom. The van der Waals surface area contributed by atoms with E-state index in [1.807, 2.05) is 0 Å². The number of hydrogen-bond acceptors (Lipinski definition) is 7. The van der Waals surface area contributed by atoms with Crippen molar-refractivity contribution in [2.75, 3.05) is 11.9 Å². The van der Waals surface area contributed by atoms with Gasteiger partial charge in [-0.3, -0.25) is 9.59 Å². The number of thioether (sulfide) groups is 1. The minimum atomic E-state index is -0.333. The normalized spacial score (nSPS) is 15.9. The number of amides is 1. The molecule has 0 saturated heterocycles. The number of anilines is 1. The Hall–Kier alpha value is -1.15. The lowest BCUT2D eigenvalue weighted by Gasteiger charge is -2.06. The summed E-state index contributed by atoms with van der Waals surface area (Å²) < 4.78 is 5.56. The molecule has 1 saturated carbocycles. The standard InChI is InChI=1S/C11H15N3O3S2/c1-3-17-9(16)6(2)18-11-14-13-10(19-11)12-8(15)7-4-5-7/h6-7H,3-5H2,1-2H3,(H,12,13,15)/t6-/m1/s1. The summed E-state index contributed by atoms with van der Waals surface area (Å²) in [5, 5.41) is 10.7. The van der Waals surface area contributed by atoms with Crippen molar-refractivity contribution >= 4 is 40.1 Å². The van der Waals surface area contributed by atoms with Crippen LogP contribution in [0, 0.1) is 5.92 Å². The van der Waals surface area contributed by atoms with Crippen LogP contribution in [-0.2, 0) is 14.3 Å². The highest BCUT2D eigenvalue weighted by Gasteiger charge is 2.30. The van der Waals surface area contributed by atoms with Gasteiger partial charge in [0.2, 0.25) is 11.0 Å². The van der Waals surface area contributed by atoms with Crippen LogP contribution in [0.25, 0.3) is 0 Å². The van der Waals surface area contributed by atoms with E-state index < -0.39 is 0 Å². The largest absolute Gasteiger partial charge is 0.465 e. The molecular weight excluding hydrogens is 286 g/mol. The van der Waals surface area contributed by atoms with Crippen molar-refractivity contribution in [2.45, 2.75) is 36.3 Å². The molecule has 0 aromatic carbocycles. The molecule has 1 N–H and O–H groups in total. The fourth-order valence-electron chi connectivity index (χ4n) is 1.32. The zero-order valence-electron chi connectivity index (χ0n) is 10.7. The molecule has 1 aromatic heterocycles. The van der Waals surface area contributed by atoms with Crippen LogP contribution >= 0.6 is 23.1 Å². The summed E-state index contributed by atoms with van der Waals surface area (Å²) >= 11 is 2.55. The summed E-state index contributed by atoms with van der Waals surface area (Å²) in [4.78, 5) is 23.0. The van der Waals surface area contributed by atoms with Crippen LogP contribution in [0.4, 0.5) is 5.13 Å². The van der Waals surface area contributed by atoms with E-state index in [4.69, 9.17) is 4.74 Å². The zero-order valence-corrected chi connectivity index (χ0v) is 12.3. The minimum Gasteiger partial charge on any atom is -0.465 e. The third-order valence-electron chi connectivity index (χ3n) is 2.48. The third kappa shape index (κ3) is 4.17. The average molecular weight is 301 g/mol. The second-order valence-corrected chi connectivity index (χ2v) is 6.71. The first-order valence-corrected chi connectivity index (χ1v) is 7.77. The number of hydrogen-bond donors (Lipinski definition) is 1. The molecule has 0 aliphatic heterocycles. The van der Waals surface area contributed by atoms with E-state index in [-0.39, 0.29) is 23.0 Å². The Kier molecular flexibility index (Phi) is 4.76. The number of carbonyl (C=O) groups excluding carboxylic acids is 2. The molecule has 1 amide bonds. The van der Waals surface area contributed by atoms with E-state index in [1.54, 1.807) is 13.8 Å². The quantitative estimate of drug-likeness (QED) is 0.491. The van der Waals surface area contributed by atoms with Gasteiger partial charge in [-0.15, -0.1) is 10.2 Å². The Morgan fingerprint density at radius 3 is 2.89 bits per heavy atom. The fraction of sp³-hybridized carbons (Fsp3) is 0.636. The van der Waals surface area contributed by atoms with E-state index in [1.165, 1.54) is 23.1 Å². The topological polar surface area (TPSA) is 81.2 Å². The van der Waals surface area contributed by atoms with E-state index in [0.29, 0.717) is 16.1 Å². The van der Waals surface area contributed by atoms with Crippen LogP contribution < -0.4 is 5.32 Å². The summed E-state index contributed by atoms with van der Waals surface area (Å²) in [7, 11) is 0. The molecule has 6 nitrogen and oxygen atoms in total. The Balaban J connectivity index is 1.86. The lowest BCUT2D eigenvalue weighted by Crippen LogP contribution is -2.16. The number of esters is 1. The maximum atomic E-state index is 11.5. The zero-order chi connectivity index (χ0) is 13.8. The first kappa shape index (κ1) is 14.3. The van der Waals surface area contributed by atoms with Gasteiger partial charge in [-0.25, -0.2) is 0 Å². The van der Waals surface area contributed by atoms with Crippen molar-refractivity contribution < 1.29 is 14.3 Å². The molecule has 0 bridgehead atoms. The molecule has 0 spiro atoms. The summed E-state index contributed by atoms with van der Waals surface area (Å²) in [6, 6.07) is 0. The second kappa shape index (κ2) is 6.33. The van der Waals surface area contributed by atoms with Crippen molar-refractivity contribution in [2.24, 2.45) is 5.92 Å². The van der Waals surface area contributed by atoms with Gasteiger partial charge < -0.3 is 10.1 Å². The highest BCUT2D eigenvalue weighted by Crippen LogP contribution is 2.32. The van der Waals surface area contributed by atoms with Crippen molar-refractivity contribution in [3.63, 3.8) is 0 Å². The van der Waals surface area contributed by atoms with E-state index in [0.717, 1.165) is 12.8 Å². The SMILES string of the molecule is CCOC(=O)[C@@H](C)Sc1nnc(NC(=O)C2CC2)s1. The van der Waals surface area contributed by atoms with Gasteiger partial charge in [0, 0.05) is 5.92 Å². The van der Waals surface area contributed by atoms with Gasteiger partial charge in [-0.2, -0.15) is 0 Å². The van der Waals surface area contributed by atoms with Crippen LogP contribution in [0.1, 0.15) is 26.7 Å². The molecule has 1 heterocycles. The predicted octanol–water partition coefficient (Wildman–Crippen LogP) is 1.93. The summed E-state index contributed by atoms with van der Waals surface area (Å²) in [6.45, 7) is 3.89. The lowest BCUT2D eigenvalue weighted by molar-refractivity contribution is -0.142. The first-order chi connectivity index (χ1) is 9.10. The van der Waals surface area contributed by atoms with Gasteiger partial charge >= 0.3 is 5.97 Å². The predicted molar refractivity (Wildman–Crippen MR) is 73.2 cm³/mol. The highest BCUT2D eigenvalue weighted by atomic mass is 32.2. The number of aromatic nitrogens is 2. The van der Waals surface area contributed by atoms with E-state index in [9.17, 15) is 9.59 Å². The van der Waals surface area contributed by atoms with Gasteiger partial charge in [0.25, 0.3) is 0 Å². The fourth-order valence-corrected chi connectivity index (χ4v) is 3.22. The Bertz CT molecular complexity index is 474. The number of carbonyl (C=O) groups is 2. The second-order valence-electron chi connectivity index (χ2n) is 4.15. The lowest BCUT2D eigenvalue weighted by atomic mass is 10.4. The molecule has 0 radical (unpaired) electrons. The van der Waals surface area contributed by atoms with Crippen LogP contribution in [0.15, 0.2) is 4.34 Å². The molecule has 104 valence electrons. The number of nitrogens with one attached hydrogen (secondary N) is 1. The van der Waals surface area contributed by atoms with E-state index >= 15 is 0 Å². The molecule has 1 fully saturated rings. The highest BCUT2D eigenvalue weighted by molar-refractivity contribution is 8.02. The first-order valence-electron chi connectivity index (χ1n) is 6.07. The van der Waals surface area contributed by atoms with Crippen molar-refractivity contribution in [3.8, 4) is 0 Å². The monoisotopic (exact) mass is 301 g/mol. The van der Waals surface area contributed by atoms with Crippen LogP contribution in [-0.4, -0.2) is 33.9 Å². The molecule has 1 aliphatic carbocycles. The molecule has 1 atom stereocenters. The van der Waals surface area contributed by atoms with Crippen LogP contribution in [0.5, 0.6) is 0 Å². The third-order valence-corrected chi connectivity index (χ3v) is 4.48. The number of ether oxygens (including phenoxy) is 1. The Labute approximate surface area is 119 Å². The van der Waals surface area contributed by atoms with Gasteiger partial charge in [0.1, 0.15) is 5.25 Å². The molecule has 1 aliphatic rings. The van der Waals surface area contributed by atoms with Gasteiger partial charge in [0.15, 0.2) is 4.34 Å². The maximum absolute atomic E-state index is 11.5. The molecule has 8 heteroatoms.